The molecule has 14 heavy (non-hydrogen) atoms. The number of nitrogens with two attached hydrogens (primary N) is 1. The van der Waals surface area contributed by atoms with Crippen molar-refractivity contribution < 1.29 is 8.91 Å². The molecule has 1 aromatic heterocycles. The summed E-state index contributed by atoms with van der Waals surface area (Å²) in [5, 5.41) is 3.62. The Hall–Kier alpha value is -1.84. The van der Waals surface area contributed by atoms with Crippen LogP contribution in [0.4, 0.5) is 10.2 Å². The zero-order valence-corrected chi connectivity index (χ0v) is 7.62. The smallest absolute Gasteiger partial charge is 0.175 e. The molecule has 0 radical (unpaired) electrons. The highest BCUT2D eigenvalue weighted by Crippen LogP contribution is 2.28. The first-order chi connectivity index (χ1) is 6.68. The number of rotatable bonds is 1. The number of benzene rings is 1. The van der Waals surface area contributed by atoms with Gasteiger partial charge in [0, 0.05) is 0 Å². The van der Waals surface area contributed by atoms with Gasteiger partial charge in [0.25, 0.3) is 0 Å². The summed E-state index contributed by atoms with van der Waals surface area (Å²) in [6.45, 7) is 1.77. The van der Waals surface area contributed by atoms with E-state index in [0.29, 0.717) is 11.6 Å². The van der Waals surface area contributed by atoms with Crippen molar-refractivity contribution in [3.05, 3.63) is 35.8 Å². The first-order valence-electron chi connectivity index (χ1n) is 4.16. The average Bonchev–Trinajstić information content (AvgIpc) is 2.49. The number of hydrogen-bond acceptors (Lipinski definition) is 3. The number of aromatic nitrogens is 1. The second-order valence-corrected chi connectivity index (χ2v) is 3.01. The summed E-state index contributed by atoms with van der Waals surface area (Å²) in [6, 6.07) is 6.04. The van der Waals surface area contributed by atoms with Crippen molar-refractivity contribution in [2.24, 2.45) is 0 Å². The lowest BCUT2D eigenvalue weighted by molar-refractivity contribution is 0.401. The summed E-state index contributed by atoms with van der Waals surface area (Å²) in [5.74, 6) is 0.685. The number of anilines is 1. The Morgan fingerprint density at radius 3 is 2.43 bits per heavy atom. The molecule has 1 heterocycles. The van der Waals surface area contributed by atoms with E-state index < -0.39 is 0 Å². The second-order valence-electron chi connectivity index (χ2n) is 3.01. The number of hydrogen-bond donors (Lipinski definition) is 1. The van der Waals surface area contributed by atoms with E-state index in [1.807, 2.05) is 0 Å². The molecule has 2 rings (SSSR count). The lowest BCUT2D eigenvalue weighted by atomic mass is 10.1. The van der Waals surface area contributed by atoms with Gasteiger partial charge in [0.05, 0.1) is 5.56 Å². The van der Waals surface area contributed by atoms with Crippen LogP contribution >= 0.6 is 0 Å². The molecule has 2 N–H and O–H groups in total. The van der Waals surface area contributed by atoms with Crippen molar-refractivity contribution in [3.8, 4) is 11.1 Å². The van der Waals surface area contributed by atoms with Crippen molar-refractivity contribution in [1.29, 1.82) is 0 Å². The molecular weight excluding hydrogens is 183 g/mol. The summed E-state index contributed by atoms with van der Waals surface area (Å²) >= 11 is 0. The molecule has 0 spiro atoms. The largest absolute Gasteiger partial charge is 0.380 e. The minimum Gasteiger partial charge on any atom is -0.380 e. The van der Waals surface area contributed by atoms with Crippen molar-refractivity contribution >= 4 is 5.82 Å². The fraction of sp³-hybridized carbons (Fsp3) is 0.100. The number of nitrogens with zero attached hydrogens (tertiary/aromatic N) is 1. The van der Waals surface area contributed by atoms with E-state index in [0.717, 1.165) is 11.1 Å². The molecule has 4 heteroatoms. The van der Waals surface area contributed by atoms with Crippen LogP contribution in [0.1, 0.15) is 5.76 Å². The maximum atomic E-state index is 12.7. The quantitative estimate of drug-likeness (QED) is 0.754. The highest BCUT2D eigenvalue weighted by Gasteiger charge is 2.11. The van der Waals surface area contributed by atoms with Gasteiger partial charge in [0.1, 0.15) is 11.6 Å². The van der Waals surface area contributed by atoms with E-state index in [1.54, 1.807) is 19.1 Å². The maximum Gasteiger partial charge on any atom is 0.175 e. The summed E-state index contributed by atoms with van der Waals surface area (Å²) < 4.78 is 17.6. The van der Waals surface area contributed by atoms with E-state index in [9.17, 15) is 4.39 Å². The van der Waals surface area contributed by atoms with E-state index in [-0.39, 0.29) is 5.82 Å². The van der Waals surface area contributed by atoms with Gasteiger partial charge in [-0.15, -0.1) is 0 Å². The number of aryl methyl sites for hydroxylation is 1. The predicted molar refractivity (Wildman–Crippen MR) is 51.0 cm³/mol. The molecule has 0 bridgehead atoms. The molecule has 2 aromatic rings. The third-order valence-electron chi connectivity index (χ3n) is 2.02. The van der Waals surface area contributed by atoms with Crippen LogP contribution in [0.5, 0.6) is 0 Å². The molecule has 72 valence electrons. The molecule has 0 aliphatic heterocycles. The Bertz CT molecular complexity index is 428. The number of halogens is 1. The summed E-state index contributed by atoms with van der Waals surface area (Å²) in [5.41, 5.74) is 7.15. The molecule has 0 amide bonds. The van der Waals surface area contributed by atoms with Crippen molar-refractivity contribution in [3.63, 3.8) is 0 Å². The van der Waals surface area contributed by atoms with Crippen LogP contribution in [0, 0.1) is 12.7 Å². The van der Waals surface area contributed by atoms with E-state index >= 15 is 0 Å². The van der Waals surface area contributed by atoms with Crippen LogP contribution < -0.4 is 5.73 Å². The molecule has 0 atom stereocenters. The monoisotopic (exact) mass is 192 g/mol. The van der Waals surface area contributed by atoms with Gasteiger partial charge in [0.15, 0.2) is 5.82 Å². The lowest BCUT2D eigenvalue weighted by Gasteiger charge is -1.98. The first-order valence-corrected chi connectivity index (χ1v) is 4.16. The zero-order valence-electron chi connectivity index (χ0n) is 7.62. The van der Waals surface area contributed by atoms with Gasteiger partial charge < -0.3 is 10.3 Å². The Morgan fingerprint density at radius 2 is 1.93 bits per heavy atom. The maximum absolute atomic E-state index is 12.7. The molecular formula is C10H9FN2O. The molecule has 0 saturated heterocycles. The van der Waals surface area contributed by atoms with Gasteiger partial charge in [0.2, 0.25) is 0 Å². The van der Waals surface area contributed by atoms with Crippen LogP contribution in [0.15, 0.2) is 28.8 Å². The summed E-state index contributed by atoms with van der Waals surface area (Å²) in [4.78, 5) is 0. The minimum absolute atomic E-state index is 0.276. The van der Waals surface area contributed by atoms with Crippen molar-refractivity contribution in [2.45, 2.75) is 6.92 Å². The summed E-state index contributed by atoms with van der Waals surface area (Å²) in [7, 11) is 0. The van der Waals surface area contributed by atoms with Crippen LogP contribution in [0.3, 0.4) is 0 Å². The third-order valence-corrected chi connectivity index (χ3v) is 2.02. The van der Waals surface area contributed by atoms with Crippen LogP contribution in [0.2, 0.25) is 0 Å². The van der Waals surface area contributed by atoms with Gasteiger partial charge in [-0.2, -0.15) is 0 Å². The van der Waals surface area contributed by atoms with Gasteiger partial charge in [-0.1, -0.05) is 17.3 Å². The van der Waals surface area contributed by atoms with E-state index in [2.05, 4.69) is 5.16 Å². The van der Waals surface area contributed by atoms with Crippen LogP contribution in [-0.4, -0.2) is 5.16 Å². The summed E-state index contributed by atoms with van der Waals surface area (Å²) in [6.07, 6.45) is 0. The van der Waals surface area contributed by atoms with Crippen molar-refractivity contribution in [1.82, 2.24) is 5.16 Å². The highest BCUT2D eigenvalue weighted by molar-refractivity contribution is 5.75. The Kier molecular flexibility index (Phi) is 1.96. The SMILES string of the molecule is Cc1onc(N)c1-c1ccc(F)cc1. The Balaban J connectivity index is 2.54. The van der Waals surface area contributed by atoms with Gasteiger partial charge in [-0.3, -0.25) is 0 Å². The molecule has 0 saturated carbocycles. The molecule has 1 aromatic carbocycles. The number of nitrogen functional groups attached to an aromatic ring is 1. The fourth-order valence-electron chi connectivity index (χ4n) is 1.36. The second kappa shape index (κ2) is 3.14. The van der Waals surface area contributed by atoms with Crippen LogP contribution in [-0.2, 0) is 0 Å². The van der Waals surface area contributed by atoms with Crippen molar-refractivity contribution in [2.75, 3.05) is 5.73 Å². The molecule has 0 aliphatic rings. The minimum atomic E-state index is -0.276. The molecule has 3 nitrogen and oxygen atoms in total. The molecule has 0 unspecified atom stereocenters. The third kappa shape index (κ3) is 1.35. The highest BCUT2D eigenvalue weighted by atomic mass is 19.1. The standard InChI is InChI=1S/C10H9FN2O/c1-6-9(10(12)13-14-6)7-2-4-8(11)5-3-7/h2-5H,1H3,(H2,12,13). The predicted octanol–water partition coefficient (Wildman–Crippen LogP) is 2.37. The van der Waals surface area contributed by atoms with Gasteiger partial charge in [-0.05, 0) is 24.6 Å². The van der Waals surface area contributed by atoms with Gasteiger partial charge >= 0.3 is 0 Å². The van der Waals surface area contributed by atoms with Crippen LogP contribution in [0.25, 0.3) is 11.1 Å². The normalized spacial score (nSPS) is 10.4. The van der Waals surface area contributed by atoms with E-state index in [1.165, 1.54) is 12.1 Å². The molecule has 0 aliphatic carbocycles. The lowest BCUT2D eigenvalue weighted by Crippen LogP contribution is -1.88. The topological polar surface area (TPSA) is 52.0 Å². The Labute approximate surface area is 80.3 Å². The van der Waals surface area contributed by atoms with E-state index in [4.69, 9.17) is 10.3 Å². The Morgan fingerprint density at radius 1 is 1.29 bits per heavy atom. The fourth-order valence-corrected chi connectivity index (χ4v) is 1.36. The van der Waals surface area contributed by atoms with Gasteiger partial charge in [-0.25, -0.2) is 4.39 Å². The first kappa shape index (κ1) is 8.74. The average molecular weight is 192 g/mol. The molecule has 0 fully saturated rings. The zero-order chi connectivity index (χ0) is 10.1.